The zero-order chi connectivity index (χ0) is 12.3. The monoisotopic (exact) mass is 236 g/mol. The van der Waals surface area contributed by atoms with E-state index in [0.717, 1.165) is 17.7 Å². The molecule has 5 heteroatoms. The molecular weight excluding hydrogens is 226 g/mol. The van der Waals surface area contributed by atoms with Crippen molar-refractivity contribution < 1.29 is 13.5 Å². The number of anilines is 1. The van der Waals surface area contributed by atoms with E-state index in [-0.39, 0.29) is 12.4 Å². The molecule has 0 spiro atoms. The highest BCUT2D eigenvalue weighted by atomic mass is 19.1. The van der Waals surface area contributed by atoms with E-state index in [9.17, 15) is 8.78 Å². The number of rotatable bonds is 3. The van der Waals surface area contributed by atoms with Crippen molar-refractivity contribution in [1.29, 1.82) is 0 Å². The molecular formula is C12H10F2N2O. The van der Waals surface area contributed by atoms with Crippen LogP contribution in [0.15, 0.2) is 36.5 Å². The van der Waals surface area contributed by atoms with E-state index >= 15 is 0 Å². The first kappa shape index (κ1) is 11.3. The zero-order valence-electron chi connectivity index (χ0n) is 8.86. The number of benzene rings is 1. The van der Waals surface area contributed by atoms with Crippen LogP contribution in [0.1, 0.15) is 5.56 Å². The third-order valence-electron chi connectivity index (χ3n) is 2.13. The van der Waals surface area contributed by atoms with Gasteiger partial charge in [0, 0.05) is 12.3 Å². The van der Waals surface area contributed by atoms with Crippen molar-refractivity contribution in [2.45, 2.75) is 6.61 Å². The summed E-state index contributed by atoms with van der Waals surface area (Å²) in [6, 6.07) is 6.49. The first-order valence-corrected chi connectivity index (χ1v) is 4.93. The normalized spacial score (nSPS) is 10.2. The second-order valence-electron chi connectivity index (χ2n) is 3.45. The Kier molecular flexibility index (Phi) is 3.18. The second kappa shape index (κ2) is 4.78. The van der Waals surface area contributed by atoms with Gasteiger partial charge < -0.3 is 10.5 Å². The van der Waals surface area contributed by atoms with Gasteiger partial charge in [0.2, 0.25) is 0 Å². The fourth-order valence-electron chi connectivity index (χ4n) is 1.34. The maximum atomic E-state index is 13.2. The van der Waals surface area contributed by atoms with Crippen LogP contribution in [-0.2, 0) is 6.61 Å². The third kappa shape index (κ3) is 2.90. The van der Waals surface area contributed by atoms with Gasteiger partial charge in [-0.3, -0.25) is 0 Å². The molecule has 0 radical (unpaired) electrons. The van der Waals surface area contributed by atoms with Crippen LogP contribution in [0.2, 0.25) is 0 Å². The van der Waals surface area contributed by atoms with Crippen LogP contribution in [0.3, 0.4) is 0 Å². The minimum absolute atomic E-state index is 0.00165. The lowest BCUT2D eigenvalue weighted by molar-refractivity contribution is 0.289. The van der Waals surface area contributed by atoms with Crippen LogP contribution in [0.25, 0.3) is 0 Å². The summed E-state index contributed by atoms with van der Waals surface area (Å²) in [4.78, 5) is 3.82. The maximum Gasteiger partial charge on any atom is 0.167 e. The molecule has 1 aromatic carbocycles. The third-order valence-corrected chi connectivity index (χ3v) is 2.13. The molecule has 1 aromatic heterocycles. The van der Waals surface area contributed by atoms with E-state index in [1.54, 1.807) is 12.1 Å². The molecule has 88 valence electrons. The van der Waals surface area contributed by atoms with Gasteiger partial charge in [0.05, 0.1) is 0 Å². The topological polar surface area (TPSA) is 48.1 Å². The molecule has 2 rings (SSSR count). The highest BCUT2D eigenvalue weighted by Gasteiger charge is 2.05. The largest absolute Gasteiger partial charge is 0.486 e. The van der Waals surface area contributed by atoms with Crippen molar-refractivity contribution in [2.75, 3.05) is 5.73 Å². The number of ether oxygens (including phenoxy) is 1. The van der Waals surface area contributed by atoms with Crippen LogP contribution < -0.4 is 10.5 Å². The second-order valence-corrected chi connectivity index (χ2v) is 3.45. The number of hydrogen-bond donors (Lipinski definition) is 1. The van der Waals surface area contributed by atoms with Crippen molar-refractivity contribution in [2.24, 2.45) is 0 Å². The Morgan fingerprint density at radius 3 is 2.71 bits per heavy atom. The fraction of sp³-hybridized carbons (Fsp3) is 0.0833. The summed E-state index contributed by atoms with van der Waals surface area (Å²) in [5, 5.41) is 0. The number of pyridine rings is 1. The first-order chi connectivity index (χ1) is 8.15. The number of hydrogen-bond acceptors (Lipinski definition) is 3. The Bertz CT molecular complexity index is 532. The van der Waals surface area contributed by atoms with Crippen molar-refractivity contribution in [3.8, 4) is 5.75 Å². The minimum atomic E-state index is -0.730. The summed E-state index contributed by atoms with van der Waals surface area (Å²) in [5.41, 5.74) is 6.25. The standard InChI is InChI=1S/C12H10F2N2O/c13-9-1-2-11(10(14)6-9)17-7-8-3-4-16-12(15)5-8/h1-6H,7H2,(H2,15,16). The Morgan fingerprint density at radius 2 is 2.00 bits per heavy atom. The summed E-state index contributed by atoms with van der Waals surface area (Å²) < 4.78 is 31.1. The van der Waals surface area contributed by atoms with Gasteiger partial charge in [0.15, 0.2) is 11.6 Å². The maximum absolute atomic E-state index is 13.2. The number of nitrogens with zero attached hydrogens (tertiary/aromatic N) is 1. The number of halogens is 2. The number of aromatic nitrogens is 1. The fourth-order valence-corrected chi connectivity index (χ4v) is 1.34. The molecule has 3 nitrogen and oxygen atoms in total. The molecule has 2 aromatic rings. The van der Waals surface area contributed by atoms with Gasteiger partial charge in [-0.1, -0.05) is 0 Å². The molecule has 0 aliphatic carbocycles. The number of nitrogens with two attached hydrogens (primary N) is 1. The molecule has 0 aliphatic heterocycles. The summed E-state index contributed by atoms with van der Waals surface area (Å²) in [6.45, 7) is 0.148. The average Bonchev–Trinajstić information content (AvgIpc) is 2.28. The summed E-state index contributed by atoms with van der Waals surface area (Å²) in [7, 11) is 0. The van der Waals surface area contributed by atoms with Crippen LogP contribution in [-0.4, -0.2) is 4.98 Å². The van der Waals surface area contributed by atoms with Gasteiger partial charge in [-0.2, -0.15) is 0 Å². The molecule has 0 bridgehead atoms. The summed E-state index contributed by atoms with van der Waals surface area (Å²) >= 11 is 0. The van der Waals surface area contributed by atoms with Crippen molar-refractivity contribution in [3.63, 3.8) is 0 Å². The smallest absolute Gasteiger partial charge is 0.167 e. The van der Waals surface area contributed by atoms with E-state index in [1.807, 2.05) is 0 Å². The molecule has 0 saturated heterocycles. The first-order valence-electron chi connectivity index (χ1n) is 4.93. The summed E-state index contributed by atoms with van der Waals surface area (Å²) in [6.07, 6.45) is 1.54. The van der Waals surface area contributed by atoms with Crippen LogP contribution in [0.4, 0.5) is 14.6 Å². The van der Waals surface area contributed by atoms with E-state index in [4.69, 9.17) is 10.5 Å². The lowest BCUT2D eigenvalue weighted by Gasteiger charge is -2.07. The lowest BCUT2D eigenvalue weighted by atomic mass is 10.3. The average molecular weight is 236 g/mol. The molecule has 0 fully saturated rings. The van der Waals surface area contributed by atoms with Crippen molar-refractivity contribution >= 4 is 5.82 Å². The highest BCUT2D eigenvalue weighted by Crippen LogP contribution is 2.19. The molecule has 2 N–H and O–H groups in total. The van der Waals surface area contributed by atoms with Crippen molar-refractivity contribution in [1.82, 2.24) is 4.98 Å². The Balaban J connectivity index is 2.07. The Hall–Kier alpha value is -2.17. The van der Waals surface area contributed by atoms with Gasteiger partial charge in [-0.05, 0) is 29.8 Å². The molecule has 0 amide bonds. The molecule has 1 heterocycles. The van der Waals surface area contributed by atoms with E-state index < -0.39 is 11.6 Å². The predicted octanol–water partition coefficient (Wildman–Crippen LogP) is 2.52. The molecule has 0 saturated carbocycles. The van der Waals surface area contributed by atoms with E-state index in [2.05, 4.69) is 4.98 Å². The lowest BCUT2D eigenvalue weighted by Crippen LogP contribution is -1.99. The predicted molar refractivity (Wildman–Crippen MR) is 59.3 cm³/mol. The molecule has 0 unspecified atom stereocenters. The van der Waals surface area contributed by atoms with Gasteiger partial charge in [0.25, 0.3) is 0 Å². The molecule has 0 aliphatic rings. The van der Waals surface area contributed by atoms with E-state index in [0.29, 0.717) is 5.82 Å². The van der Waals surface area contributed by atoms with Crippen molar-refractivity contribution in [3.05, 3.63) is 53.7 Å². The highest BCUT2D eigenvalue weighted by molar-refractivity contribution is 5.32. The van der Waals surface area contributed by atoms with Gasteiger partial charge in [-0.25, -0.2) is 13.8 Å². The Morgan fingerprint density at radius 1 is 1.18 bits per heavy atom. The molecule has 0 atom stereocenters. The quantitative estimate of drug-likeness (QED) is 0.890. The van der Waals surface area contributed by atoms with Gasteiger partial charge in [-0.15, -0.1) is 0 Å². The zero-order valence-corrected chi connectivity index (χ0v) is 8.86. The van der Waals surface area contributed by atoms with Gasteiger partial charge in [0.1, 0.15) is 18.2 Å². The molecule has 17 heavy (non-hydrogen) atoms. The van der Waals surface area contributed by atoms with Gasteiger partial charge >= 0.3 is 0 Å². The Labute approximate surface area is 96.9 Å². The van der Waals surface area contributed by atoms with Crippen LogP contribution >= 0.6 is 0 Å². The SMILES string of the molecule is Nc1cc(COc2ccc(F)cc2F)ccn1. The summed E-state index contributed by atoms with van der Waals surface area (Å²) in [5.74, 6) is -0.998. The van der Waals surface area contributed by atoms with Crippen LogP contribution in [0.5, 0.6) is 5.75 Å². The van der Waals surface area contributed by atoms with Crippen LogP contribution in [0, 0.1) is 11.6 Å². The minimum Gasteiger partial charge on any atom is -0.486 e. The van der Waals surface area contributed by atoms with E-state index in [1.165, 1.54) is 12.3 Å². The number of nitrogen functional groups attached to an aromatic ring is 1.